The highest BCUT2D eigenvalue weighted by Crippen LogP contribution is 2.19. The van der Waals surface area contributed by atoms with E-state index in [1.807, 2.05) is 44.2 Å². The number of carbonyl (C=O) groups is 3. The maximum absolute atomic E-state index is 13.3. The summed E-state index contributed by atoms with van der Waals surface area (Å²) in [5, 5.41) is 19.0. The molecule has 0 heterocycles. The molecule has 250 valence electrons. The van der Waals surface area contributed by atoms with E-state index in [1.54, 1.807) is 7.11 Å². The number of aliphatic hydroxyl groups is 1. The van der Waals surface area contributed by atoms with E-state index in [0.717, 1.165) is 18.4 Å². The van der Waals surface area contributed by atoms with Crippen molar-refractivity contribution in [3.63, 3.8) is 0 Å². The zero-order valence-electron chi connectivity index (χ0n) is 26.3. The minimum atomic E-state index is -1.45. The number of hydrogen-bond donors (Lipinski definition) is 4. The topological polar surface area (TPSA) is 163 Å². The Balaban J connectivity index is 1.70. The van der Waals surface area contributed by atoms with Crippen LogP contribution in [-0.2, 0) is 44.4 Å². The van der Waals surface area contributed by atoms with Gasteiger partial charge in [-0.15, -0.1) is 0 Å². The van der Waals surface area contributed by atoms with Crippen molar-refractivity contribution >= 4 is 17.9 Å². The molecule has 2 rings (SSSR count). The van der Waals surface area contributed by atoms with Crippen molar-refractivity contribution in [1.82, 2.24) is 16.0 Å². The number of benzene rings is 1. The van der Waals surface area contributed by atoms with Gasteiger partial charge in [-0.05, 0) is 37.2 Å². The highest BCUT2D eigenvalue weighted by atomic mass is 16.6. The molecule has 0 spiro atoms. The molecule has 3 unspecified atom stereocenters. The Morgan fingerprint density at radius 3 is 1.86 bits per heavy atom. The molecule has 0 bridgehead atoms. The molecule has 0 saturated heterocycles. The Hall–Kier alpha value is -2.81. The van der Waals surface area contributed by atoms with Gasteiger partial charge in [0, 0.05) is 13.2 Å². The second-order valence-electron chi connectivity index (χ2n) is 10.9. The van der Waals surface area contributed by atoms with E-state index in [4.69, 9.17) is 28.4 Å². The van der Waals surface area contributed by atoms with Gasteiger partial charge in [0.2, 0.25) is 5.91 Å². The summed E-state index contributed by atoms with van der Waals surface area (Å²) >= 11 is 0. The first-order valence-corrected chi connectivity index (χ1v) is 15.4. The van der Waals surface area contributed by atoms with Gasteiger partial charge in [-0.3, -0.25) is 9.59 Å². The molecule has 4 N–H and O–H groups in total. The Kier molecular flexibility index (Phi) is 19.3. The fraction of sp³-hybridized carbons (Fsp3) is 0.710. The zero-order valence-corrected chi connectivity index (χ0v) is 26.3. The van der Waals surface area contributed by atoms with Crippen molar-refractivity contribution in [3.8, 4) is 0 Å². The maximum Gasteiger partial charge on any atom is 0.407 e. The lowest BCUT2D eigenvalue weighted by atomic mass is 9.98. The number of amides is 3. The van der Waals surface area contributed by atoms with Crippen molar-refractivity contribution in [2.45, 2.75) is 63.8 Å². The van der Waals surface area contributed by atoms with Gasteiger partial charge in [-0.2, -0.15) is 0 Å². The van der Waals surface area contributed by atoms with E-state index in [9.17, 15) is 19.5 Å². The minimum absolute atomic E-state index is 0.00921. The summed E-state index contributed by atoms with van der Waals surface area (Å²) in [7, 11) is 1.62. The van der Waals surface area contributed by atoms with Crippen LogP contribution in [0.1, 0.15) is 38.7 Å². The van der Waals surface area contributed by atoms with E-state index in [-0.39, 0.29) is 31.6 Å². The fourth-order valence-corrected chi connectivity index (χ4v) is 4.07. The summed E-state index contributed by atoms with van der Waals surface area (Å²) in [5.41, 5.74) is 0.849. The van der Waals surface area contributed by atoms with Crippen molar-refractivity contribution in [3.05, 3.63) is 35.9 Å². The van der Waals surface area contributed by atoms with Crippen molar-refractivity contribution < 1.29 is 47.9 Å². The number of carbonyl (C=O) groups excluding carboxylic acids is 3. The molecule has 1 aromatic rings. The van der Waals surface area contributed by atoms with Crippen LogP contribution in [0.4, 0.5) is 4.79 Å². The number of methoxy groups -OCH3 is 1. The fourth-order valence-electron chi connectivity index (χ4n) is 4.07. The van der Waals surface area contributed by atoms with Gasteiger partial charge in [0.05, 0.1) is 65.5 Å². The Morgan fingerprint density at radius 2 is 1.34 bits per heavy atom. The minimum Gasteiger partial charge on any atom is -0.447 e. The number of alkyl carbamates (subject to hydrolysis) is 1. The maximum atomic E-state index is 13.3. The van der Waals surface area contributed by atoms with Crippen LogP contribution in [0, 0.1) is 5.92 Å². The summed E-state index contributed by atoms with van der Waals surface area (Å²) in [6.07, 6.45) is 0.104. The second kappa shape index (κ2) is 22.7. The molecular weight excluding hydrogens is 574 g/mol. The number of nitrogens with one attached hydrogen (secondary N) is 3. The molecule has 0 aliphatic heterocycles. The summed E-state index contributed by atoms with van der Waals surface area (Å²) in [4.78, 5) is 38.4. The van der Waals surface area contributed by atoms with Crippen LogP contribution in [0.3, 0.4) is 0 Å². The molecule has 3 atom stereocenters. The van der Waals surface area contributed by atoms with Crippen molar-refractivity contribution in [1.29, 1.82) is 0 Å². The summed E-state index contributed by atoms with van der Waals surface area (Å²) in [5.74, 6) is -0.963. The monoisotopic (exact) mass is 625 g/mol. The largest absolute Gasteiger partial charge is 0.447 e. The first-order valence-electron chi connectivity index (χ1n) is 15.4. The molecule has 3 amide bonds. The lowest BCUT2D eigenvalue weighted by molar-refractivity contribution is -0.132. The molecule has 1 aromatic carbocycles. The third-order valence-corrected chi connectivity index (χ3v) is 6.52. The van der Waals surface area contributed by atoms with Crippen LogP contribution < -0.4 is 16.0 Å². The lowest BCUT2D eigenvalue weighted by Crippen LogP contribution is -2.56. The number of ether oxygens (including phenoxy) is 6. The number of hydrogen-bond acceptors (Lipinski definition) is 10. The Labute approximate surface area is 260 Å². The van der Waals surface area contributed by atoms with Crippen LogP contribution in [0.25, 0.3) is 0 Å². The molecule has 1 fully saturated rings. The van der Waals surface area contributed by atoms with E-state index in [0.29, 0.717) is 59.3 Å². The highest BCUT2D eigenvalue weighted by Gasteiger charge is 2.34. The van der Waals surface area contributed by atoms with Gasteiger partial charge >= 0.3 is 6.09 Å². The molecule has 0 radical (unpaired) electrons. The Bertz CT molecular complexity index is 933. The molecular formula is C31H51N3O10. The average Bonchev–Trinajstić information content (AvgIpc) is 3.82. The second-order valence-corrected chi connectivity index (χ2v) is 10.9. The molecule has 1 aliphatic carbocycles. The molecule has 0 aromatic heterocycles. The van der Waals surface area contributed by atoms with E-state index < -0.39 is 36.1 Å². The summed E-state index contributed by atoms with van der Waals surface area (Å²) < 4.78 is 31.6. The predicted octanol–water partition coefficient (Wildman–Crippen LogP) is 1.21. The first kappa shape index (κ1) is 37.4. The SMILES string of the molecule is COCCOCCOCCOCCOCCOC(=O)NC(CC(C)C)C(=O)NC(Cc1ccccc1)C(O)C(=O)NC1CC1. The Morgan fingerprint density at radius 1 is 0.795 bits per heavy atom. The van der Waals surface area contributed by atoms with Gasteiger partial charge in [0.1, 0.15) is 12.6 Å². The molecule has 44 heavy (non-hydrogen) atoms. The predicted molar refractivity (Wildman–Crippen MR) is 162 cm³/mol. The molecule has 1 saturated carbocycles. The summed E-state index contributed by atoms with van der Waals surface area (Å²) in [6, 6.07) is 7.53. The van der Waals surface area contributed by atoms with Gasteiger partial charge in [-0.25, -0.2) is 4.79 Å². The third-order valence-electron chi connectivity index (χ3n) is 6.52. The zero-order chi connectivity index (χ0) is 32.0. The quantitative estimate of drug-likeness (QED) is 0.116. The molecule has 13 heteroatoms. The van der Waals surface area contributed by atoms with E-state index >= 15 is 0 Å². The van der Waals surface area contributed by atoms with Crippen LogP contribution >= 0.6 is 0 Å². The molecule has 1 aliphatic rings. The standard InChI is InChI=1S/C31H51N3O10/c1-23(2)21-27(34-31(38)44-20-19-43-18-17-42-16-15-41-14-13-40-12-11-39-3)29(36)33-26(22-24-7-5-4-6-8-24)28(35)30(37)32-25-9-10-25/h4-8,23,25-28,35H,9-22H2,1-3H3,(H,32,37)(H,33,36)(H,34,38). The van der Waals surface area contributed by atoms with Crippen LogP contribution in [-0.4, -0.2) is 120 Å². The molecule has 13 nitrogen and oxygen atoms in total. The van der Waals surface area contributed by atoms with Gasteiger partial charge in [0.15, 0.2) is 6.10 Å². The number of rotatable bonds is 25. The van der Waals surface area contributed by atoms with Crippen LogP contribution in [0.15, 0.2) is 30.3 Å². The summed E-state index contributed by atoms with van der Waals surface area (Å²) in [6.45, 7) is 7.63. The smallest absolute Gasteiger partial charge is 0.407 e. The average molecular weight is 626 g/mol. The van der Waals surface area contributed by atoms with Crippen LogP contribution in [0.2, 0.25) is 0 Å². The van der Waals surface area contributed by atoms with Gasteiger partial charge < -0.3 is 49.5 Å². The normalized spacial score (nSPS) is 14.9. The highest BCUT2D eigenvalue weighted by molar-refractivity contribution is 5.87. The number of aliphatic hydroxyl groups excluding tert-OH is 1. The van der Waals surface area contributed by atoms with E-state index in [1.165, 1.54) is 0 Å². The van der Waals surface area contributed by atoms with Crippen LogP contribution in [0.5, 0.6) is 0 Å². The van der Waals surface area contributed by atoms with Crippen molar-refractivity contribution in [2.75, 3.05) is 73.2 Å². The first-order chi connectivity index (χ1) is 21.3. The van der Waals surface area contributed by atoms with Crippen molar-refractivity contribution in [2.24, 2.45) is 5.92 Å². The lowest BCUT2D eigenvalue weighted by Gasteiger charge is -2.27. The van der Waals surface area contributed by atoms with E-state index in [2.05, 4.69) is 16.0 Å². The third kappa shape index (κ3) is 17.5. The van der Waals surface area contributed by atoms with Gasteiger partial charge in [0.25, 0.3) is 5.91 Å². The van der Waals surface area contributed by atoms with Gasteiger partial charge in [-0.1, -0.05) is 44.2 Å².